The van der Waals surface area contributed by atoms with Crippen molar-refractivity contribution in [2.24, 2.45) is 0 Å². The predicted molar refractivity (Wildman–Crippen MR) is 77.9 cm³/mol. The van der Waals surface area contributed by atoms with Gasteiger partial charge in [-0.15, -0.1) is 0 Å². The van der Waals surface area contributed by atoms with Crippen LogP contribution in [0.25, 0.3) is 0 Å². The molecule has 1 heterocycles. The van der Waals surface area contributed by atoms with Crippen molar-refractivity contribution in [2.45, 2.75) is 18.7 Å². The minimum absolute atomic E-state index is 0.0288. The lowest BCUT2D eigenvalue weighted by Crippen LogP contribution is -2.14. The molecule has 0 spiro atoms. The molecule has 0 aliphatic rings. The fourth-order valence-electron chi connectivity index (χ4n) is 1.64. The Balaban J connectivity index is 2.47. The summed E-state index contributed by atoms with van der Waals surface area (Å²) in [6.07, 6.45) is 0. The second-order valence-electron chi connectivity index (χ2n) is 4.31. The van der Waals surface area contributed by atoms with Gasteiger partial charge in [0, 0.05) is 10.5 Å². The lowest BCUT2D eigenvalue weighted by molar-refractivity contribution is 0.0695. The van der Waals surface area contributed by atoms with Crippen molar-refractivity contribution >= 4 is 37.7 Å². The van der Waals surface area contributed by atoms with E-state index in [1.165, 1.54) is 12.1 Å². The van der Waals surface area contributed by atoms with Gasteiger partial charge in [-0.1, -0.05) is 21.1 Å². The smallest absolute Gasteiger partial charge is 0.336 e. The normalized spacial score (nSPS) is 11.4. The number of nitrogens with zero attached hydrogens (tertiary/aromatic N) is 1. The zero-order valence-corrected chi connectivity index (χ0v) is 13.4. The molecule has 0 unspecified atom stereocenters. The fraction of sp³-hybridized carbons (Fsp3) is 0.167. The minimum Gasteiger partial charge on any atom is -0.478 e. The third-order valence-corrected chi connectivity index (χ3v) is 4.88. The monoisotopic (exact) mass is 374 g/mol. The van der Waals surface area contributed by atoms with Gasteiger partial charge in [-0.25, -0.2) is 13.2 Å². The standard InChI is InChI=1S/C12H11BrN2O5S/c1-6-3-11(14-20-6)15-21(18,19)8-4-9(12(16)17)7(2)10(13)5-8/h3-5H,1-2H3,(H,14,15)(H,16,17). The van der Waals surface area contributed by atoms with Crippen LogP contribution < -0.4 is 4.72 Å². The second-order valence-corrected chi connectivity index (χ2v) is 6.85. The molecule has 0 amide bonds. The maximum atomic E-state index is 12.2. The van der Waals surface area contributed by atoms with E-state index in [1.807, 2.05) is 0 Å². The number of hydrogen-bond donors (Lipinski definition) is 2. The molecule has 0 saturated heterocycles. The lowest BCUT2D eigenvalue weighted by Gasteiger charge is -2.09. The quantitative estimate of drug-likeness (QED) is 0.850. The van der Waals surface area contributed by atoms with Gasteiger partial charge in [0.05, 0.1) is 10.5 Å². The van der Waals surface area contributed by atoms with Crippen LogP contribution in [0, 0.1) is 13.8 Å². The molecule has 0 fully saturated rings. The molecule has 9 heteroatoms. The zero-order chi connectivity index (χ0) is 15.8. The first-order valence-electron chi connectivity index (χ1n) is 5.70. The Morgan fingerprint density at radius 1 is 1.33 bits per heavy atom. The SMILES string of the molecule is Cc1cc(NS(=O)(=O)c2cc(Br)c(C)c(C(=O)O)c2)no1. The van der Waals surface area contributed by atoms with Gasteiger partial charge in [0.15, 0.2) is 5.82 Å². The summed E-state index contributed by atoms with van der Waals surface area (Å²) in [6, 6.07) is 3.84. The molecule has 0 saturated carbocycles. The minimum atomic E-state index is -3.96. The number of rotatable bonds is 4. The topological polar surface area (TPSA) is 110 Å². The van der Waals surface area contributed by atoms with Crippen LogP contribution in [0.2, 0.25) is 0 Å². The van der Waals surface area contributed by atoms with Crippen molar-refractivity contribution in [3.05, 3.63) is 39.6 Å². The number of aromatic carboxylic acids is 1. The Hall–Kier alpha value is -1.87. The number of hydrogen-bond acceptors (Lipinski definition) is 5. The molecule has 2 aromatic rings. The highest BCUT2D eigenvalue weighted by atomic mass is 79.9. The maximum Gasteiger partial charge on any atom is 0.336 e. The number of sulfonamides is 1. The van der Waals surface area contributed by atoms with Crippen LogP contribution >= 0.6 is 15.9 Å². The van der Waals surface area contributed by atoms with Crippen molar-refractivity contribution in [1.29, 1.82) is 0 Å². The number of nitrogens with one attached hydrogen (secondary N) is 1. The highest BCUT2D eigenvalue weighted by Crippen LogP contribution is 2.26. The van der Waals surface area contributed by atoms with Gasteiger partial charge >= 0.3 is 5.97 Å². The largest absolute Gasteiger partial charge is 0.478 e. The molecule has 2 N–H and O–H groups in total. The molecule has 0 aliphatic heterocycles. The van der Waals surface area contributed by atoms with E-state index < -0.39 is 16.0 Å². The first-order valence-corrected chi connectivity index (χ1v) is 7.98. The summed E-state index contributed by atoms with van der Waals surface area (Å²) in [7, 11) is -3.96. The van der Waals surface area contributed by atoms with Gasteiger partial charge < -0.3 is 9.63 Å². The van der Waals surface area contributed by atoms with Gasteiger partial charge in [0.25, 0.3) is 10.0 Å². The van der Waals surface area contributed by atoms with E-state index in [-0.39, 0.29) is 16.3 Å². The van der Waals surface area contributed by atoms with Crippen LogP contribution in [0.4, 0.5) is 5.82 Å². The van der Waals surface area contributed by atoms with E-state index in [0.717, 1.165) is 6.07 Å². The Morgan fingerprint density at radius 3 is 2.52 bits per heavy atom. The predicted octanol–water partition coefficient (Wildman–Crippen LogP) is 2.55. The van der Waals surface area contributed by atoms with Crippen LogP contribution in [0.3, 0.4) is 0 Å². The Bertz CT molecular complexity index is 813. The number of carboxylic acids is 1. The van der Waals surface area contributed by atoms with E-state index in [1.54, 1.807) is 13.8 Å². The van der Waals surface area contributed by atoms with Gasteiger partial charge in [0.1, 0.15) is 5.76 Å². The molecule has 1 aromatic heterocycles. The van der Waals surface area contributed by atoms with Crippen LogP contribution in [-0.4, -0.2) is 24.7 Å². The van der Waals surface area contributed by atoms with E-state index in [4.69, 9.17) is 9.63 Å². The van der Waals surface area contributed by atoms with E-state index in [0.29, 0.717) is 15.8 Å². The van der Waals surface area contributed by atoms with Gasteiger partial charge in [-0.05, 0) is 31.5 Å². The van der Waals surface area contributed by atoms with Crippen molar-refractivity contribution in [3.63, 3.8) is 0 Å². The zero-order valence-electron chi connectivity index (χ0n) is 11.0. The van der Waals surface area contributed by atoms with Crippen LogP contribution in [0.15, 0.2) is 32.1 Å². The molecule has 7 nitrogen and oxygen atoms in total. The maximum absolute atomic E-state index is 12.2. The molecule has 0 radical (unpaired) electrons. The third kappa shape index (κ3) is 3.24. The molecule has 0 bridgehead atoms. The van der Waals surface area contributed by atoms with Gasteiger partial charge in [0.2, 0.25) is 0 Å². The average Bonchev–Trinajstić information content (AvgIpc) is 2.76. The number of carboxylic acid groups (broad SMARTS) is 1. The average molecular weight is 375 g/mol. The number of anilines is 1. The number of halogens is 1. The first-order chi connectivity index (χ1) is 9.70. The van der Waals surface area contributed by atoms with Crippen molar-refractivity contribution in [2.75, 3.05) is 4.72 Å². The van der Waals surface area contributed by atoms with E-state index in [9.17, 15) is 13.2 Å². The highest BCUT2D eigenvalue weighted by molar-refractivity contribution is 9.10. The molecule has 1 aromatic carbocycles. The third-order valence-electron chi connectivity index (χ3n) is 2.73. The molecular weight excluding hydrogens is 364 g/mol. The summed E-state index contributed by atoms with van der Waals surface area (Å²) < 4.78 is 31.9. The Morgan fingerprint density at radius 2 is 2.00 bits per heavy atom. The second kappa shape index (κ2) is 5.49. The summed E-state index contributed by atoms with van der Waals surface area (Å²) in [5, 5.41) is 12.6. The summed E-state index contributed by atoms with van der Waals surface area (Å²) in [5.41, 5.74) is 0.347. The molecule has 21 heavy (non-hydrogen) atoms. The summed E-state index contributed by atoms with van der Waals surface area (Å²) in [4.78, 5) is 11.0. The van der Waals surface area contributed by atoms with Crippen molar-refractivity contribution < 1.29 is 22.8 Å². The summed E-state index contributed by atoms with van der Waals surface area (Å²) in [5.74, 6) is -0.729. The lowest BCUT2D eigenvalue weighted by atomic mass is 10.1. The number of benzene rings is 1. The first kappa shape index (κ1) is 15.5. The molecule has 0 atom stereocenters. The number of aromatic nitrogens is 1. The molecule has 112 valence electrons. The number of carbonyl (C=O) groups is 1. The Labute approximate surface area is 129 Å². The number of aryl methyl sites for hydroxylation is 1. The van der Waals surface area contributed by atoms with E-state index >= 15 is 0 Å². The molecular formula is C12H11BrN2O5S. The fourth-order valence-corrected chi connectivity index (χ4v) is 3.29. The van der Waals surface area contributed by atoms with Crippen molar-refractivity contribution in [3.8, 4) is 0 Å². The van der Waals surface area contributed by atoms with Crippen LogP contribution in [0.1, 0.15) is 21.7 Å². The highest BCUT2D eigenvalue weighted by Gasteiger charge is 2.21. The molecule has 0 aliphatic carbocycles. The van der Waals surface area contributed by atoms with Crippen LogP contribution in [-0.2, 0) is 10.0 Å². The van der Waals surface area contributed by atoms with Crippen molar-refractivity contribution in [1.82, 2.24) is 5.16 Å². The van der Waals surface area contributed by atoms with Gasteiger partial charge in [-0.2, -0.15) is 0 Å². The Kier molecular flexibility index (Phi) is 4.06. The van der Waals surface area contributed by atoms with Gasteiger partial charge in [-0.3, -0.25) is 4.72 Å². The summed E-state index contributed by atoms with van der Waals surface area (Å²) in [6.45, 7) is 3.20. The van der Waals surface area contributed by atoms with Crippen LogP contribution in [0.5, 0.6) is 0 Å². The van der Waals surface area contributed by atoms with E-state index in [2.05, 4.69) is 25.8 Å². The molecule has 2 rings (SSSR count). The summed E-state index contributed by atoms with van der Waals surface area (Å²) >= 11 is 3.16.